The molecule has 2 fully saturated rings. The molecule has 2 saturated heterocycles. The molecule has 0 bridgehead atoms. The van der Waals surface area contributed by atoms with Crippen molar-refractivity contribution in [3.05, 3.63) is 64.2 Å². The fourth-order valence-corrected chi connectivity index (χ4v) is 5.15. The number of Topliss-reactive ketones (excluding diaryl/α,β-unsaturated/α-hetero) is 1. The number of hydrogen-bond donors (Lipinski definition) is 0. The van der Waals surface area contributed by atoms with Gasteiger partial charge in [0.1, 0.15) is 0 Å². The molecule has 3 nitrogen and oxygen atoms in total. The summed E-state index contributed by atoms with van der Waals surface area (Å²) in [6.45, 7) is 5.90. The number of hydrogen-bond acceptors (Lipinski definition) is 3. The number of nitrogens with zero attached hydrogens (tertiary/aromatic N) is 2. The lowest BCUT2D eigenvalue weighted by Gasteiger charge is -2.42. The summed E-state index contributed by atoms with van der Waals surface area (Å²) in [5.41, 5.74) is 0.474. The summed E-state index contributed by atoms with van der Waals surface area (Å²) in [5, 5.41) is 0.496. The highest BCUT2D eigenvalue weighted by molar-refractivity contribution is 6.30. The largest absolute Gasteiger partial charge is 0.416 e. The van der Waals surface area contributed by atoms with Crippen molar-refractivity contribution in [2.75, 3.05) is 31.1 Å². The second-order valence-corrected chi connectivity index (χ2v) is 9.87. The maximum absolute atomic E-state index is 13.6. The number of carbonyl (C=O) groups is 1. The smallest absolute Gasteiger partial charge is 0.371 e. The molecular formula is C26H30ClF3N2O. The summed E-state index contributed by atoms with van der Waals surface area (Å²) in [6, 6.07) is 11.1. The molecule has 7 heteroatoms. The fraction of sp³-hybridized carbons (Fsp3) is 0.500. The van der Waals surface area contributed by atoms with Gasteiger partial charge in [-0.3, -0.25) is 4.79 Å². The van der Waals surface area contributed by atoms with Crippen LogP contribution in [0.5, 0.6) is 0 Å². The van der Waals surface area contributed by atoms with Gasteiger partial charge >= 0.3 is 6.18 Å². The Morgan fingerprint density at radius 1 is 1.00 bits per heavy atom. The first-order valence-corrected chi connectivity index (χ1v) is 12.1. The summed E-state index contributed by atoms with van der Waals surface area (Å²) in [6.07, 6.45) is -0.217. The van der Waals surface area contributed by atoms with Crippen molar-refractivity contribution in [3.8, 4) is 0 Å². The molecule has 2 aliphatic heterocycles. The van der Waals surface area contributed by atoms with Crippen LogP contribution >= 0.6 is 11.6 Å². The number of piperidine rings is 2. The van der Waals surface area contributed by atoms with Gasteiger partial charge in [-0.15, -0.1) is 0 Å². The molecule has 33 heavy (non-hydrogen) atoms. The highest BCUT2D eigenvalue weighted by Gasteiger charge is 2.33. The maximum Gasteiger partial charge on any atom is 0.416 e. The summed E-state index contributed by atoms with van der Waals surface area (Å²) in [5.74, 6) is 0.427. The molecule has 0 amide bonds. The van der Waals surface area contributed by atoms with E-state index in [-0.39, 0.29) is 17.8 Å². The Hall–Kier alpha value is -2.05. The molecule has 2 aromatic carbocycles. The highest BCUT2D eigenvalue weighted by atomic mass is 35.5. The van der Waals surface area contributed by atoms with Crippen LogP contribution in [0.4, 0.5) is 18.9 Å². The lowest BCUT2D eigenvalue weighted by molar-refractivity contribution is -0.137. The average Bonchev–Trinajstić information content (AvgIpc) is 2.79. The number of rotatable bonds is 5. The zero-order valence-electron chi connectivity index (χ0n) is 18.9. The molecule has 0 aliphatic carbocycles. The molecule has 0 N–H and O–H groups in total. The Labute approximate surface area is 198 Å². The van der Waals surface area contributed by atoms with E-state index in [1.165, 1.54) is 18.9 Å². The topological polar surface area (TPSA) is 23.6 Å². The Balaban J connectivity index is 1.50. The standard InChI is InChI=1S/C26H30ClF3N2O/c1-18-5-9-31(10-6-18)23-7-11-32(12-8-23)24-16-20(15-21(17-24)26(28,29)30)25(33)14-19-3-2-4-22(27)13-19/h2-4,13,15-18,23H,5-12,14H2,1H3. The van der Waals surface area contributed by atoms with Gasteiger partial charge in [0, 0.05) is 41.8 Å². The van der Waals surface area contributed by atoms with Crippen molar-refractivity contribution >= 4 is 23.1 Å². The minimum Gasteiger partial charge on any atom is -0.371 e. The number of halogens is 4. The monoisotopic (exact) mass is 478 g/mol. The molecule has 0 saturated carbocycles. The molecule has 178 valence electrons. The van der Waals surface area contributed by atoms with Crippen LogP contribution in [0.15, 0.2) is 42.5 Å². The second-order valence-electron chi connectivity index (χ2n) is 9.43. The van der Waals surface area contributed by atoms with Gasteiger partial charge in [-0.05, 0) is 80.6 Å². The van der Waals surface area contributed by atoms with Crippen molar-refractivity contribution in [1.29, 1.82) is 0 Å². The van der Waals surface area contributed by atoms with E-state index < -0.39 is 11.7 Å². The van der Waals surface area contributed by atoms with Gasteiger partial charge in [-0.25, -0.2) is 0 Å². The van der Waals surface area contributed by atoms with E-state index >= 15 is 0 Å². The van der Waals surface area contributed by atoms with E-state index in [9.17, 15) is 18.0 Å². The third kappa shape index (κ3) is 6.10. The third-order valence-electron chi connectivity index (χ3n) is 6.99. The fourth-order valence-electron chi connectivity index (χ4n) is 4.94. The average molecular weight is 479 g/mol. The molecule has 0 radical (unpaired) electrons. The predicted octanol–water partition coefficient (Wildman–Crippen LogP) is 6.48. The van der Waals surface area contributed by atoms with E-state index in [0.29, 0.717) is 35.4 Å². The maximum atomic E-state index is 13.6. The van der Waals surface area contributed by atoms with E-state index in [1.54, 1.807) is 30.3 Å². The molecule has 2 aliphatic rings. The number of likely N-dealkylation sites (tertiary alicyclic amines) is 1. The van der Waals surface area contributed by atoms with Gasteiger partial charge in [-0.2, -0.15) is 13.2 Å². The molecule has 2 heterocycles. The van der Waals surface area contributed by atoms with Gasteiger partial charge in [0.25, 0.3) is 0 Å². The normalized spacial score (nSPS) is 19.1. The van der Waals surface area contributed by atoms with Crippen molar-refractivity contribution in [2.45, 2.75) is 51.2 Å². The summed E-state index contributed by atoms with van der Waals surface area (Å²) < 4.78 is 40.9. The van der Waals surface area contributed by atoms with Crippen molar-refractivity contribution in [2.24, 2.45) is 5.92 Å². The van der Waals surface area contributed by atoms with Gasteiger partial charge in [-0.1, -0.05) is 30.7 Å². The summed E-state index contributed by atoms with van der Waals surface area (Å²) >= 11 is 5.99. The Bertz CT molecular complexity index is 978. The van der Waals surface area contributed by atoms with Crippen molar-refractivity contribution < 1.29 is 18.0 Å². The molecule has 2 aromatic rings. The van der Waals surface area contributed by atoms with E-state index in [4.69, 9.17) is 11.6 Å². The first-order chi connectivity index (χ1) is 15.7. The zero-order chi connectivity index (χ0) is 23.6. The van der Waals surface area contributed by atoms with Crippen LogP contribution < -0.4 is 4.90 Å². The van der Waals surface area contributed by atoms with Gasteiger partial charge in [0.05, 0.1) is 5.56 Å². The number of benzene rings is 2. The van der Waals surface area contributed by atoms with Crippen molar-refractivity contribution in [3.63, 3.8) is 0 Å². The predicted molar refractivity (Wildman–Crippen MR) is 126 cm³/mol. The van der Waals surface area contributed by atoms with Crippen LogP contribution in [0.1, 0.15) is 54.1 Å². The van der Waals surface area contributed by atoms with Crippen LogP contribution in [0.2, 0.25) is 5.02 Å². The van der Waals surface area contributed by atoms with Crippen molar-refractivity contribution in [1.82, 2.24) is 4.90 Å². The minimum absolute atomic E-state index is 0.0107. The first-order valence-electron chi connectivity index (χ1n) is 11.7. The van der Waals surface area contributed by atoms with E-state index in [2.05, 4.69) is 11.8 Å². The number of anilines is 1. The SMILES string of the molecule is CC1CCN(C2CCN(c3cc(C(=O)Cc4cccc(Cl)c4)cc(C(F)(F)F)c3)CC2)CC1. The van der Waals surface area contributed by atoms with Crippen LogP contribution in [0.3, 0.4) is 0 Å². The van der Waals surface area contributed by atoms with Crippen LogP contribution in [-0.2, 0) is 12.6 Å². The number of carbonyl (C=O) groups excluding carboxylic acids is 1. The molecule has 0 atom stereocenters. The molecule has 4 rings (SSSR count). The molecular weight excluding hydrogens is 449 g/mol. The number of alkyl halides is 3. The van der Waals surface area contributed by atoms with Gasteiger partial charge in [0.2, 0.25) is 0 Å². The second kappa shape index (κ2) is 10.1. The Morgan fingerprint density at radius 2 is 1.70 bits per heavy atom. The van der Waals surface area contributed by atoms with Gasteiger partial charge in [0.15, 0.2) is 5.78 Å². The van der Waals surface area contributed by atoms with Gasteiger partial charge < -0.3 is 9.80 Å². The quantitative estimate of drug-likeness (QED) is 0.459. The molecule has 0 unspecified atom stereocenters. The number of ketones is 1. The zero-order valence-corrected chi connectivity index (χ0v) is 19.6. The third-order valence-corrected chi connectivity index (χ3v) is 7.22. The first kappa shape index (κ1) is 24.1. The van der Waals surface area contributed by atoms with E-state index in [0.717, 1.165) is 37.9 Å². The Kier molecular flexibility index (Phi) is 7.34. The summed E-state index contributed by atoms with van der Waals surface area (Å²) in [7, 11) is 0. The van der Waals surface area contributed by atoms with Crippen LogP contribution in [0.25, 0.3) is 0 Å². The summed E-state index contributed by atoms with van der Waals surface area (Å²) in [4.78, 5) is 17.4. The molecule has 0 aromatic heterocycles. The minimum atomic E-state index is -4.51. The van der Waals surface area contributed by atoms with Crippen LogP contribution in [0, 0.1) is 5.92 Å². The lowest BCUT2D eigenvalue weighted by Crippen LogP contribution is -2.47. The van der Waals surface area contributed by atoms with E-state index in [1.807, 2.05) is 4.90 Å². The molecule has 0 spiro atoms. The lowest BCUT2D eigenvalue weighted by atomic mass is 9.94. The highest BCUT2D eigenvalue weighted by Crippen LogP contribution is 2.35. The Morgan fingerprint density at radius 3 is 2.33 bits per heavy atom. The van der Waals surface area contributed by atoms with Crippen LogP contribution in [-0.4, -0.2) is 42.9 Å².